The predicted molar refractivity (Wildman–Crippen MR) is 67.9 cm³/mol. The minimum Gasteiger partial charge on any atom is -0.373 e. The van der Waals surface area contributed by atoms with E-state index in [4.69, 9.17) is 15.0 Å². The molecule has 0 bridgehead atoms. The second-order valence-electron chi connectivity index (χ2n) is 5.68. The van der Waals surface area contributed by atoms with Gasteiger partial charge in [-0.2, -0.15) is 4.98 Å². The lowest BCUT2D eigenvalue weighted by atomic mass is 9.67. The first kappa shape index (κ1) is 13.5. The fourth-order valence-corrected chi connectivity index (χ4v) is 2.58. The van der Waals surface area contributed by atoms with Crippen LogP contribution in [0.25, 0.3) is 0 Å². The van der Waals surface area contributed by atoms with Gasteiger partial charge in [0.05, 0.1) is 0 Å². The van der Waals surface area contributed by atoms with Crippen molar-refractivity contribution < 1.29 is 9.26 Å². The van der Waals surface area contributed by atoms with E-state index >= 15 is 0 Å². The number of ether oxygens (including phenoxy) is 1. The van der Waals surface area contributed by atoms with Gasteiger partial charge in [0.1, 0.15) is 6.10 Å². The van der Waals surface area contributed by atoms with Crippen molar-refractivity contribution in [2.24, 2.45) is 17.1 Å². The van der Waals surface area contributed by atoms with Crippen molar-refractivity contribution in [2.75, 3.05) is 13.7 Å². The van der Waals surface area contributed by atoms with Gasteiger partial charge in [0.15, 0.2) is 0 Å². The molecule has 0 radical (unpaired) electrons. The molecule has 1 unspecified atom stereocenters. The lowest BCUT2D eigenvalue weighted by Gasteiger charge is -2.39. The average Bonchev–Trinajstić information content (AvgIpc) is 2.72. The molecule has 1 aliphatic carbocycles. The maximum Gasteiger partial charge on any atom is 0.227 e. The third kappa shape index (κ3) is 2.57. The van der Waals surface area contributed by atoms with Crippen molar-refractivity contribution in [2.45, 2.75) is 45.6 Å². The maximum atomic E-state index is 5.84. The van der Waals surface area contributed by atoms with E-state index in [0.717, 1.165) is 6.42 Å². The fraction of sp³-hybridized carbons (Fsp3) is 0.846. The van der Waals surface area contributed by atoms with E-state index in [1.54, 1.807) is 7.11 Å². The van der Waals surface area contributed by atoms with Gasteiger partial charge in [0, 0.05) is 13.5 Å². The molecular formula is C13H23N3O2. The van der Waals surface area contributed by atoms with E-state index < -0.39 is 0 Å². The first-order valence-corrected chi connectivity index (χ1v) is 6.65. The van der Waals surface area contributed by atoms with Gasteiger partial charge in [0.2, 0.25) is 11.7 Å². The molecule has 0 aliphatic heterocycles. The molecule has 1 atom stereocenters. The second-order valence-corrected chi connectivity index (χ2v) is 5.68. The molecular weight excluding hydrogens is 230 g/mol. The number of rotatable bonds is 6. The summed E-state index contributed by atoms with van der Waals surface area (Å²) in [5, 5.41) is 4.03. The third-order valence-corrected chi connectivity index (χ3v) is 3.97. The van der Waals surface area contributed by atoms with Crippen molar-refractivity contribution in [1.82, 2.24) is 10.1 Å². The van der Waals surface area contributed by atoms with Gasteiger partial charge < -0.3 is 15.0 Å². The molecule has 102 valence electrons. The van der Waals surface area contributed by atoms with Gasteiger partial charge in [0.25, 0.3) is 0 Å². The molecule has 1 heterocycles. The number of methoxy groups -OCH3 is 1. The number of hydrogen-bond acceptors (Lipinski definition) is 5. The van der Waals surface area contributed by atoms with Crippen LogP contribution in [0, 0.1) is 11.3 Å². The first-order chi connectivity index (χ1) is 8.60. The zero-order valence-corrected chi connectivity index (χ0v) is 11.5. The highest BCUT2D eigenvalue weighted by molar-refractivity contribution is 4.99. The highest BCUT2D eigenvalue weighted by atomic mass is 16.5. The molecule has 1 aromatic rings. The standard InChI is InChI=1S/C13H23N3O2/c1-9(2)11(17-3)12-15-10(18-16-12)7-13(8-14)5-4-6-13/h9,11H,4-8,14H2,1-3H3. The van der Waals surface area contributed by atoms with Gasteiger partial charge in [-0.3, -0.25) is 0 Å². The van der Waals surface area contributed by atoms with Crippen molar-refractivity contribution in [1.29, 1.82) is 0 Å². The highest BCUT2D eigenvalue weighted by Crippen LogP contribution is 2.42. The molecule has 1 aromatic heterocycles. The Hall–Kier alpha value is -0.940. The van der Waals surface area contributed by atoms with E-state index in [2.05, 4.69) is 24.0 Å². The summed E-state index contributed by atoms with van der Waals surface area (Å²) < 4.78 is 10.7. The predicted octanol–water partition coefficient (Wildman–Crippen LogP) is 2.08. The van der Waals surface area contributed by atoms with Crippen LogP contribution in [0.15, 0.2) is 4.52 Å². The molecule has 0 saturated heterocycles. The number of hydrogen-bond donors (Lipinski definition) is 1. The van der Waals surface area contributed by atoms with Crippen LogP contribution in [-0.2, 0) is 11.2 Å². The van der Waals surface area contributed by atoms with Crippen LogP contribution >= 0.6 is 0 Å². The molecule has 18 heavy (non-hydrogen) atoms. The molecule has 1 aliphatic rings. The van der Waals surface area contributed by atoms with Crippen molar-refractivity contribution in [3.63, 3.8) is 0 Å². The smallest absolute Gasteiger partial charge is 0.227 e. The van der Waals surface area contributed by atoms with Crippen molar-refractivity contribution in [3.8, 4) is 0 Å². The summed E-state index contributed by atoms with van der Waals surface area (Å²) >= 11 is 0. The van der Waals surface area contributed by atoms with Gasteiger partial charge in [-0.15, -0.1) is 0 Å². The van der Waals surface area contributed by atoms with Crippen LogP contribution in [0.5, 0.6) is 0 Å². The molecule has 1 saturated carbocycles. The number of nitrogens with two attached hydrogens (primary N) is 1. The molecule has 5 heteroatoms. The van der Waals surface area contributed by atoms with E-state index in [9.17, 15) is 0 Å². The molecule has 2 N–H and O–H groups in total. The minimum absolute atomic E-state index is 0.0993. The van der Waals surface area contributed by atoms with Crippen LogP contribution < -0.4 is 5.73 Å². The first-order valence-electron chi connectivity index (χ1n) is 6.65. The summed E-state index contributed by atoms with van der Waals surface area (Å²) in [6.45, 7) is 4.86. The number of aromatic nitrogens is 2. The fourth-order valence-electron chi connectivity index (χ4n) is 2.58. The van der Waals surface area contributed by atoms with Crippen molar-refractivity contribution >= 4 is 0 Å². The Bertz CT molecular complexity index is 380. The van der Waals surface area contributed by atoms with Crippen LogP contribution in [0.1, 0.15) is 50.9 Å². The normalized spacial score (nSPS) is 19.8. The zero-order valence-electron chi connectivity index (χ0n) is 11.5. The quantitative estimate of drug-likeness (QED) is 0.840. The van der Waals surface area contributed by atoms with Gasteiger partial charge >= 0.3 is 0 Å². The van der Waals surface area contributed by atoms with E-state index in [1.807, 2.05) is 0 Å². The molecule has 2 rings (SSSR count). The monoisotopic (exact) mass is 253 g/mol. The molecule has 0 spiro atoms. The Balaban J connectivity index is 2.05. The Kier molecular flexibility index (Phi) is 4.02. The topological polar surface area (TPSA) is 74.2 Å². The summed E-state index contributed by atoms with van der Waals surface area (Å²) in [5.74, 6) is 1.67. The van der Waals surface area contributed by atoms with E-state index in [1.165, 1.54) is 19.3 Å². The summed E-state index contributed by atoms with van der Waals surface area (Å²) in [6, 6.07) is 0. The second kappa shape index (κ2) is 5.36. The largest absolute Gasteiger partial charge is 0.373 e. The zero-order chi connectivity index (χ0) is 13.2. The minimum atomic E-state index is -0.0993. The summed E-state index contributed by atoms with van der Waals surface area (Å²) in [5.41, 5.74) is 6.04. The summed E-state index contributed by atoms with van der Waals surface area (Å²) in [6.07, 6.45) is 4.28. The molecule has 0 amide bonds. The lowest BCUT2D eigenvalue weighted by molar-refractivity contribution is 0.0555. The van der Waals surface area contributed by atoms with E-state index in [-0.39, 0.29) is 11.5 Å². The average molecular weight is 253 g/mol. The van der Waals surface area contributed by atoms with Crippen LogP contribution in [0.3, 0.4) is 0 Å². The Morgan fingerprint density at radius 3 is 2.61 bits per heavy atom. The summed E-state index contributed by atoms with van der Waals surface area (Å²) in [7, 11) is 1.67. The summed E-state index contributed by atoms with van der Waals surface area (Å²) in [4.78, 5) is 4.46. The molecule has 5 nitrogen and oxygen atoms in total. The van der Waals surface area contributed by atoms with Gasteiger partial charge in [-0.05, 0) is 30.7 Å². The van der Waals surface area contributed by atoms with Crippen LogP contribution in [-0.4, -0.2) is 23.8 Å². The van der Waals surface area contributed by atoms with Crippen LogP contribution in [0.2, 0.25) is 0 Å². The SMILES string of the molecule is COC(c1noc(CC2(CN)CCC2)n1)C(C)C. The molecule has 1 fully saturated rings. The lowest BCUT2D eigenvalue weighted by Crippen LogP contribution is -2.39. The molecule has 0 aromatic carbocycles. The van der Waals surface area contributed by atoms with Gasteiger partial charge in [-0.1, -0.05) is 25.4 Å². The third-order valence-electron chi connectivity index (χ3n) is 3.97. The Morgan fingerprint density at radius 1 is 1.44 bits per heavy atom. The Morgan fingerprint density at radius 2 is 2.17 bits per heavy atom. The number of nitrogens with zero attached hydrogens (tertiary/aromatic N) is 2. The van der Waals surface area contributed by atoms with Gasteiger partial charge in [-0.25, -0.2) is 0 Å². The van der Waals surface area contributed by atoms with Crippen molar-refractivity contribution in [3.05, 3.63) is 11.7 Å². The maximum absolute atomic E-state index is 5.84. The van der Waals surface area contributed by atoms with E-state index in [0.29, 0.717) is 24.2 Å². The van der Waals surface area contributed by atoms with Crippen LogP contribution in [0.4, 0.5) is 0 Å². The highest BCUT2D eigenvalue weighted by Gasteiger charge is 2.37. The Labute approximate surface area is 108 Å².